The molecular weight excluding hydrogens is 827 g/mol. The van der Waals surface area contributed by atoms with Gasteiger partial charge in [-0.15, -0.1) is 32.9 Å². The Hall–Kier alpha value is -5.34. The van der Waals surface area contributed by atoms with Crippen molar-refractivity contribution in [2.75, 3.05) is 23.7 Å². The Morgan fingerprint density at radius 2 is 1.24 bits per heavy atom. The number of hydrogen-bond acceptors (Lipinski definition) is 17. The summed E-state index contributed by atoms with van der Waals surface area (Å²) in [4.78, 5) is 48.8. The maximum atomic E-state index is 13.3. The van der Waals surface area contributed by atoms with Crippen LogP contribution >= 0.6 is 45.7 Å². The number of benzene rings is 2. The number of fused-ring (bicyclic) bond motifs is 8. The molecule has 11 rings (SSSR count). The summed E-state index contributed by atoms with van der Waals surface area (Å²) < 4.78 is 15.8. The molecule has 7 heterocycles. The van der Waals surface area contributed by atoms with E-state index in [1.807, 2.05) is 55.1 Å². The zero-order chi connectivity index (χ0) is 40.2. The van der Waals surface area contributed by atoms with Crippen LogP contribution in [0.15, 0.2) is 49.1 Å². The van der Waals surface area contributed by atoms with E-state index in [1.165, 1.54) is 39.1 Å². The maximum absolute atomic E-state index is 13.3. The summed E-state index contributed by atoms with van der Waals surface area (Å²) in [5.41, 5.74) is 6.11. The molecule has 6 aromatic heterocycles. The van der Waals surface area contributed by atoms with Gasteiger partial charge in [0, 0.05) is 40.1 Å². The van der Waals surface area contributed by atoms with E-state index in [1.54, 1.807) is 35.3 Å². The van der Waals surface area contributed by atoms with Gasteiger partial charge in [-0.2, -0.15) is 0 Å². The third-order valence-corrected chi connectivity index (χ3v) is 14.8. The van der Waals surface area contributed by atoms with Gasteiger partial charge in [-0.1, -0.05) is 8.98 Å². The van der Waals surface area contributed by atoms with Crippen LogP contribution in [-0.2, 0) is 40.0 Å². The number of aryl methyl sites for hydroxylation is 2. The van der Waals surface area contributed by atoms with Crippen LogP contribution in [0.2, 0.25) is 0 Å². The van der Waals surface area contributed by atoms with Gasteiger partial charge in [0.1, 0.15) is 45.0 Å². The van der Waals surface area contributed by atoms with Gasteiger partial charge in [-0.25, -0.2) is 19.9 Å². The van der Waals surface area contributed by atoms with Gasteiger partial charge in [-0.05, 0) is 123 Å². The number of aliphatic carboxylic acids is 1. The molecule has 1 aliphatic heterocycles. The average molecular weight is 864 g/mol. The molecule has 0 bridgehead atoms. The fraction of sp³-hybridized carbons (Fsp3) is 0.350. The van der Waals surface area contributed by atoms with Crippen molar-refractivity contribution in [1.82, 2.24) is 44.0 Å². The minimum absolute atomic E-state index is 0.0219. The van der Waals surface area contributed by atoms with E-state index in [-0.39, 0.29) is 30.0 Å². The number of carboxylic acid groups (broad SMARTS) is 1. The van der Waals surface area contributed by atoms with Gasteiger partial charge in [0.25, 0.3) is 0 Å². The number of thiophene rings is 2. The van der Waals surface area contributed by atoms with Crippen molar-refractivity contribution in [2.45, 2.75) is 64.6 Å². The summed E-state index contributed by atoms with van der Waals surface area (Å²) in [6.07, 6.45) is 7.79. The highest BCUT2D eigenvalue weighted by Crippen LogP contribution is 2.42. The van der Waals surface area contributed by atoms with E-state index in [0.717, 1.165) is 94.4 Å². The maximum Gasteiger partial charge on any atom is 0.306 e. The number of anilines is 4. The number of aromatic nitrogens is 8. The van der Waals surface area contributed by atoms with Crippen LogP contribution in [0.3, 0.4) is 0 Å². The van der Waals surface area contributed by atoms with Gasteiger partial charge in [-0.3, -0.25) is 9.59 Å². The smallest absolute Gasteiger partial charge is 0.306 e. The van der Waals surface area contributed by atoms with Crippen LogP contribution in [0.1, 0.15) is 47.6 Å². The average Bonchev–Trinajstić information content (AvgIpc) is 4.04. The second kappa shape index (κ2) is 15.7. The standard InChI is InChI=1S/C23H24N6O2S2.C17H13N5O2S2/c1-12-9-29(10-13(2)31-12)23(30)14-3-5-16-18(7-14)32-22-20(16)21(24-11-25-22)26-15-4-6-17-19(8-15)33-28-27-17;23-17(24)8-1-3-10-12(5-8)25-16-14(10)15(18-7-19-16)20-9-2-4-11-13(6-9)26-22-21-11/h4,6,8,11-14H,3,5,7,9-10H2,1-2H3,(H,24,25,26);2,4,6-8H,1,3,5H2,(H,23,24)(H,18,19,20)/t12-,13-,14-;8-/m00/s1. The van der Waals surface area contributed by atoms with E-state index >= 15 is 0 Å². The zero-order valence-corrected chi connectivity index (χ0v) is 35.2. The zero-order valence-electron chi connectivity index (χ0n) is 31.9. The Morgan fingerprint density at radius 1 is 0.729 bits per heavy atom. The first kappa shape index (κ1) is 37.9. The third kappa shape index (κ3) is 7.45. The summed E-state index contributed by atoms with van der Waals surface area (Å²) in [6, 6.07) is 11.9. The van der Waals surface area contributed by atoms with Crippen molar-refractivity contribution >= 4 is 121 Å². The SMILES string of the molecule is C[C@H]1CN(C(=O)[C@H]2CCc3c(sc4ncnc(Nc5ccc6nnsc6c5)c34)C2)C[C@H](C)O1.O=C(O)[C@H]1CCc2c(sc3ncnc(Nc4ccc5nnsc5c4)c23)C1. The predicted octanol–water partition coefficient (Wildman–Crippen LogP) is 7.81. The molecule has 0 saturated carbocycles. The van der Waals surface area contributed by atoms with E-state index in [0.29, 0.717) is 25.9 Å². The highest BCUT2D eigenvalue weighted by molar-refractivity contribution is 7.19. The lowest BCUT2D eigenvalue weighted by Gasteiger charge is -2.37. The molecule has 2 aliphatic carbocycles. The molecule has 2 aromatic carbocycles. The highest BCUT2D eigenvalue weighted by Gasteiger charge is 2.35. The van der Waals surface area contributed by atoms with E-state index in [9.17, 15) is 14.7 Å². The first-order valence-corrected chi connectivity index (χ1v) is 22.6. The normalized spacial score (nSPS) is 20.3. The number of rotatable bonds is 6. The molecule has 19 heteroatoms. The second-order valence-electron chi connectivity index (χ2n) is 15.2. The van der Waals surface area contributed by atoms with E-state index in [4.69, 9.17) is 4.74 Å². The number of carboxylic acids is 1. The van der Waals surface area contributed by atoms with E-state index < -0.39 is 5.97 Å². The Kier molecular flexibility index (Phi) is 10.1. The Labute approximate surface area is 353 Å². The lowest BCUT2D eigenvalue weighted by molar-refractivity contribution is -0.147. The third-order valence-electron chi connectivity index (χ3n) is 11.1. The lowest BCUT2D eigenvalue weighted by atomic mass is 9.86. The first-order chi connectivity index (χ1) is 28.7. The van der Waals surface area contributed by atoms with Crippen LogP contribution in [0.5, 0.6) is 0 Å². The molecule has 0 radical (unpaired) electrons. The molecule has 1 saturated heterocycles. The summed E-state index contributed by atoms with van der Waals surface area (Å²) in [5.74, 6) is 0.836. The monoisotopic (exact) mass is 863 g/mol. The Balaban J connectivity index is 0.000000147. The number of ether oxygens (including phenoxy) is 1. The highest BCUT2D eigenvalue weighted by atomic mass is 32.1. The molecule has 3 aliphatic rings. The molecule has 1 fully saturated rings. The van der Waals surface area contributed by atoms with Gasteiger partial charge in [0.05, 0.1) is 38.3 Å². The number of nitrogens with one attached hydrogen (secondary N) is 2. The van der Waals surface area contributed by atoms with Crippen LogP contribution in [-0.4, -0.2) is 86.3 Å². The van der Waals surface area contributed by atoms with Crippen LogP contribution < -0.4 is 10.6 Å². The summed E-state index contributed by atoms with van der Waals surface area (Å²) in [7, 11) is 0. The molecule has 15 nitrogen and oxygen atoms in total. The molecular formula is C40H37N11O4S4. The number of hydrogen-bond donors (Lipinski definition) is 3. The number of carbonyl (C=O) groups excluding carboxylic acids is 1. The molecule has 8 aromatic rings. The Morgan fingerprint density at radius 3 is 1.76 bits per heavy atom. The molecule has 3 N–H and O–H groups in total. The van der Waals surface area contributed by atoms with E-state index in [2.05, 4.69) is 49.7 Å². The van der Waals surface area contributed by atoms with Gasteiger partial charge in [0.15, 0.2) is 0 Å². The van der Waals surface area contributed by atoms with Gasteiger partial charge >= 0.3 is 5.97 Å². The Bertz CT molecular complexity index is 2880. The van der Waals surface area contributed by atoms with Crippen LogP contribution in [0.25, 0.3) is 40.9 Å². The van der Waals surface area contributed by atoms with Crippen molar-refractivity contribution in [3.8, 4) is 0 Å². The minimum Gasteiger partial charge on any atom is -0.481 e. The fourth-order valence-corrected chi connectivity index (χ4v) is 12.2. The number of nitrogens with zero attached hydrogens (tertiary/aromatic N) is 9. The van der Waals surface area contributed by atoms with Gasteiger partial charge < -0.3 is 25.4 Å². The molecule has 1 amide bonds. The van der Waals surface area contributed by atoms with Crippen molar-refractivity contribution in [1.29, 1.82) is 0 Å². The van der Waals surface area contributed by atoms with Crippen LogP contribution in [0.4, 0.5) is 23.0 Å². The summed E-state index contributed by atoms with van der Waals surface area (Å²) in [6.45, 7) is 5.44. The number of carbonyl (C=O) groups is 2. The first-order valence-electron chi connectivity index (χ1n) is 19.4. The molecule has 300 valence electrons. The molecule has 59 heavy (non-hydrogen) atoms. The van der Waals surface area contributed by atoms with Gasteiger partial charge in [0.2, 0.25) is 5.91 Å². The molecule has 0 spiro atoms. The summed E-state index contributed by atoms with van der Waals surface area (Å²) in [5, 5.41) is 26.4. The van der Waals surface area contributed by atoms with Crippen LogP contribution in [0, 0.1) is 11.8 Å². The van der Waals surface area contributed by atoms with Crippen molar-refractivity contribution < 1.29 is 19.4 Å². The second-order valence-corrected chi connectivity index (χ2v) is 18.9. The number of amides is 1. The quantitative estimate of drug-likeness (QED) is 0.147. The van der Waals surface area contributed by atoms with Crippen molar-refractivity contribution in [2.24, 2.45) is 11.8 Å². The largest absolute Gasteiger partial charge is 0.481 e. The minimum atomic E-state index is -0.719. The lowest BCUT2D eigenvalue weighted by Crippen LogP contribution is -2.50. The topological polar surface area (TPSA) is 194 Å². The number of morpholine rings is 1. The van der Waals surface area contributed by atoms with Crippen molar-refractivity contribution in [3.63, 3.8) is 0 Å². The molecule has 0 unspecified atom stereocenters. The molecule has 4 atom stereocenters. The van der Waals surface area contributed by atoms with Crippen molar-refractivity contribution in [3.05, 3.63) is 69.9 Å². The fourth-order valence-electron chi connectivity index (χ4n) is 8.43. The predicted molar refractivity (Wildman–Crippen MR) is 231 cm³/mol. The summed E-state index contributed by atoms with van der Waals surface area (Å²) >= 11 is 6.01.